The van der Waals surface area contributed by atoms with Crippen LogP contribution in [0.2, 0.25) is 0 Å². The van der Waals surface area contributed by atoms with Gasteiger partial charge in [-0.05, 0) is 31.0 Å². The number of rotatable bonds is 5. The van der Waals surface area contributed by atoms with E-state index in [2.05, 4.69) is 10.6 Å². The topological polar surface area (TPSA) is 95.5 Å². The number of carboxylic acids is 1. The lowest BCUT2D eigenvalue weighted by Crippen LogP contribution is -2.45. The van der Waals surface area contributed by atoms with Gasteiger partial charge in [0.1, 0.15) is 5.82 Å². The van der Waals surface area contributed by atoms with E-state index in [1.54, 1.807) is 0 Å². The monoisotopic (exact) mass is 294 g/mol. The van der Waals surface area contributed by atoms with Crippen LogP contribution >= 0.6 is 0 Å². The molecule has 0 spiro atoms. The highest BCUT2D eigenvalue weighted by Gasteiger charge is 2.41. The molecule has 1 fully saturated rings. The van der Waals surface area contributed by atoms with Gasteiger partial charge < -0.3 is 15.7 Å². The fourth-order valence-electron chi connectivity index (χ4n) is 2.18. The zero-order chi connectivity index (χ0) is 15.4. The minimum atomic E-state index is -0.995. The van der Waals surface area contributed by atoms with Crippen LogP contribution in [0.5, 0.6) is 0 Å². The zero-order valence-corrected chi connectivity index (χ0v) is 11.1. The van der Waals surface area contributed by atoms with Crippen LogP contribution < -0.4 is 10.6 Å². The van der Waals surface area contributed by atoms with Crippen molar-refractivity contribution in [2.24, 2.45) is 11.8 Å². The highest BCUT2D eigenvalue weighted by Crippen LogP contribution is 2.34. The molecule has 0 aliphatic heterocycles. The fraction of sp³-hybridized carbons (Fsp3) is 0.357. The Hall–Kier alpha value is -2.44. The van der Waals surface area contributed by atoms with Gasteiger partial charge in [-0.25, -0.2) is 4.39 Å². The Morgan fingerprint density at radius 3 is 2.52 bits per heavy atom. The van der Waals surface area contributed by atoms with Gasteiger partial charge in [-0.1, -0.05) is 6.07 Å². The largest absolute Gasteiger partial charge is 0.481 e. The van der Waals surface area contributed by atoms with E-state index >= 15 is 0 Å². The van der Waals surface area contributed by atoms with Crippen LogP contribution in [-0.4, -0.2) is 29.4 Å². The molecule has 0 bridgehead atoms. The van der Waals surface area contributed by atoms with Gasteiger partial charge in [-0.3, -0.25) is 14.4 Å². The Bertz CT molecular complexity index is 576. The first kappa shape index (κ1) is 15.0. The number of anilines is 1. The third-order valence-corrected chi connectivity index (χ3v) is 3.46. The number of nitrogens with one attached hydrogen (secondary N) is 2. The second-order valence-corrected chi connectivity index (χ2v) is 4.90. The SMILES string of the molecule is O=C(CNC(=O)C1CCC1C(=O)O)Nc1cccc(F)c1. The number of carbonyl (C=O) groups is 3. The van der Waals surface area contributed by atoms with Crippen molar-refractivity contribution in [3.8, 4) is 0 Å². The van der Waals surface area contributed by atoms with Crippen LogP contribution in [0.4, 0.5) is 10.1 Å². The molecule has 2 amide bonds. The average Bonchev–Trinajstić information content (AvgIpc) is 2.34. The third kappa shape index (κ3) is 3.77. The summed E-state index contributed by atoms with van der Waals surface area (Å²) in [4.78, 5) is 34.2. The van der Waals surface area contributed by atoms with E-state index in [1.165, 1.54) is 18.2 Å². The molecule has 1 aliphatic carbocycles. The maximum absolute atomic E-state index is 12.9. The number of aliphatic carboxylic acids is 1. The van der Waals surface area contributed by atoms with Crippen LogP contribution in [0.1, 0.15) is 12.8 Å². The summed E-state index contributed by atoms with van der Waals surface area (Å²) < 4.78 is 12.9. The zero-order valence-electron chi connectivity index (χ0n) is 11.1. The van der Waals surface area contributed by atoms with Gasteiger partial charge in [0.15, 0.2) is 0 Å². The molecule has 1 aromatic carbocycles. The average molecular weight is 294 g/mol. The molecule has 0 aromatic heterocycles. The molecule has 1 aliphatic rings. The molecule has 1 saturated carbocycles. The molecular formula is C14H15FN2O4. The van der Waals surface area contributed by atoms with Gasteiger partial charge in [-0.2, -0.15) is 0 Å². The molecule has 112 valence electrons. The van der Waals surface area contributed by atoms with Crippen molar-refractivity contribution in [2.75, 3.05) is 11.9 Å². The lowest BCUT2D eigenvalue weighted by atomic mass is 9.73. The molecule has 6 nitrogen and oxygen atoms in total. The second kappa shape index (κ2) is 6.34. The Morgan fingerprint density at radius 1 is 1.24 bits per heavy atom. The quantitative estimate of drug-likeness (QED) is 0.754. The number of halogens is 1. The Labute approximate surface area is 120 Å². The normalized spacial score (nSPS) is 20.2. The van der Waals surface area contributed by atoms with Crippen molar-refractivity contribution < 1.29 is 23.9 Å². The lowest BCUT2D eigenvalue weighted by Gasteiger charge is -2.31. The van der Waals surface area contributed by atoms with Gasteiger partial charge >= 0.3 is 5.97 Å². The fourth-order valence-corrected chi connectivity index (χ4v) is 2.18. The van der Waals surface area contributed by atoms with Gasteiger partial charge in [0.25, 0.3) is 0 Å². The van der Waals surface area contributed by atoms with E-state index in [-0.39, 0.29) is 6.54 Å². The maximum Gasteiger partial charge on any atom is 0.307 e. The van der Waals surface area contributed by atoms with Gasteiger partial charge in [0, 0.05) is 5.69 Å². The highest BCUT2D eigenvalue weighted by molar-refractivity contribution is 5.95. The lowest BCUT2D eigenvalue weighted by molar-refractivity contribution is -0.152. The minimum absolute atomic E-state index is 0.280. The first-order valence-corrected chi connectivity index (χ1v) is 6.53. The number of carboxylic acid groups (broad SMARTS) is 1. The molecule has 2 atom stereocenters. The van der Waals surface area contributed by atoms with Crippen molar-refractivity contribution in [1.29, 1.82) is 0 Å². The number of carbonyl (C=O) groups excluding carboxylic acids is 2. The van der Waals surface area contributed by atoms with E-state index in [1.807, 2.05) is 0 Å². The highest BCUT2D eigenvalue weighted by atomic mass is 19.1. The van der Waals surface area contributed by atoms with Crippen LogP contribution in [0.3, 0.4) is 0 Å². The van der Waals surface area contributed by atoms with Crippen LogP contribution in [0.15, 0.2) is 24.3 Å². The summed E-state index contributed by atoms with van der Waals surface area (Å²) in [5.74, 6) is -3.66. The molecule has 0 heterocycles. The molecule has 2 unspecified atom stereocenters. The van der Waals surface area contributed by atoms with Crippen molar-refractivity contribution in [3.05, 3.63) is 30.1 Å². The molecule has 0 saturated heterocycles. The summed E-state index contributed by atoms with van der Waals surface area (Å²) in [6, 6.07) is 5.39. The maximum atomic E-state index is 12.9. The summed E-state index contributed by atoms with van der Waals surface area (Å²) >= 11 is 0. The predicted octanol–water partition coefficient (Wildman–Crippen LogP) is 0.991. The summed E-state index contributed by atoms with van der Waals surface area (Å²) in [6.07, 6.45) is 0.983. The molecule has 0 radical (unpaired) electrons. The van der Waals surface area contributed by atoms with Crippen LogP contribution in [-0.2, 0) is 14.4 Å². The van der Waals surface area contributed by atoms with E-state index in [0.29, 0.717) is 18.5 Å². The standard InChI is InChI=1S/C14H15FN2O4/c15-8-2-1-3-9(6-8)17-12(18)7-16-13(19)10-4-5-11(10)14(20)21/h1-3,6,10-11H,4-5,7H2,(H,16,19)(H,17,18)(H,20,21). The summed E-state index contributed by atoms with van der Waals surface area (Å²) in [5, 5.41) is 13.7. The Kier molecular flexibility index (Phi) is 4.52. The van der Waals surface area contributed by atoms with E-state index in [4.69, 9.17) is 5.11 Å². The summed E-state index contributed by atoms with van der Waals surface area (Å²) in [7, 11) is 0. The summed E-state index contributed by atoms with van der Waals surface area (Å²) in [6.45, 7) is -0.280. The second-order valence-electron chi connectivity index (χ2n) is 4.90. The smallest absolute Gasteiger partial charge is 0.307 e. The van der Waals surface area contributed by atoms with Gasteiger partial charge in [-0.15, -0.1) is 0 Å². The number of hydrogen-bond acceptors (Lipinski definition) is 3. The molecular weight excluding hydrogens is 279 g/mol. The Morgan fingerprint density at radius 2 is 1.95 bits per heavy atom. The molecule has 21 heavy (non-hydrogen) atoms. The Balaban J connectivity index is 1.79. The van der Waals surface area contributed by atoms with Gasteiger partial charge in [0.2, 0.25) is 11.8 Å². The summed E-state index contributed by atoms with van der Waals surface area (Å²) in [5.41, 5.74) is 0.293. The molecule has 2 rings (SSSR count). The number of hydrogen-bond donors (Lipinski definition) is 3. The van der Waals surface area contributed by atoms with Crippen molar-refractivity contribution in [2.45, 2.75) is 12.8 Å². The van der Waals surface area contributed by atoms with E-state index < -0.39 is 35.4 Å². The van der Waals surface area contributed by atoms with Crippen LogP contribution in [0, 0.1) is 17.7 Å². The third-order valence-electron chi connectivity index (χ3n) is 3.46. The first-order valence-electron chi connectivity index (χ1n) is 6.53. The predicted molar refractivity (Wildman–Crippen MR) is 71.9 cm³/mol. The number of benzene rings is 1. The van der Waals surface area contributed by atoms with Crippen molar-refractivity contribution in [1.82, 2.24) is 5.32 Å². The van der Waals surface area contributed by atoms with Crippen molar-refractivity contribution >= 4 is 23.5 Å². The van der Waals surface area contributed by atoms with Crippen molar-refractivity contribution in [3.63, 3.8) is 0 Å². The minimum Gasteiger partial charge on any atom is -0.481 e. The van der Waals surface area contributed by atoms with E-state index in [0.717, 1.165) is 6.07 Å². The van der Waals surface area contributed by atoms with E-state index in [9.17, 15) is 18.8 Å². The molecule has 1 aromatic rings. The van der Waals surface area contributed by atoms with Crippen LogP contribution in [0.25, 0.3) is 0 Å². The number of amides is 2. The molecule has 3 N–H and O–H groups in total. The first-order chi connectivity index (χ1) is 9.97. The van der Waals surface area contributed by atoms with Gasteiger partial charge in [0.05, 0.1) is 18.4 Å². The molecule has 7 heteroatoms.